The van der Waals surface area contributed by atoms with Crippen LogP contribution in [0.5, 0.6) is 0 Å². The first-order valence-electron chi connectivity index (χ1n) is 7.37. The Morgan fingerprint density at radius 2 is 2.24 bits per heavy atom. The van der Waals surface area contributed by atoms with Crippen molar-refractivity contribution in [3.05, 3.63) is 35.4 Å². The predicted octanol–water partition coefficient (Wildman–Crippen LogP) is 2.04. The van der Waals surface area contributed by atoms with E-state index in [9.17, 15) is 9.59 Å². The van der Waals surface area contributed by atoms with Crippen LogP contribution in [-0.4, -0.2) is 41.6 Å². The van der Waals surface area contributed by atoms with Gasteiger partial charge in [0.1, 0.15) is 0 Å². The standard InChI is InChI=1S/C16H22N2O3/c1-12-4-2-5-13(10-12)7-8-17-16(21)18-9-3-6-14(11-18)15(19)20/h2,4-5,10,14H,3,6-9,11H2,1H3,(H,17,21)(H,19,20)/t14-/m0/s1. The van der Waals surface area contributed by atoms with Crippen LogP contribution in [0.2, 0.25) is 0 Å². The third-order valence-corrected chi connectivity index (χ3v) is 3.83. The van der Waals surface area contributed by atoms with Crippen LogP contribution < -0.4 is 5.32 Å². The van der Waals surface area contributed by atoms with Gasteiger partial charge >= 0.3 is 12.0 Å². The van der Waals surface area contributed by atoms with Crippen LogP contribution >= 0.6 is 0 Å². The van der Waals surface area contributed by atoms with Gasteiger partial charge in [-0.2, -0.15) is 0 Å². The van der Waals surface area contributed by atoms with Gasteiger partial charge in [-0.1, -0.05) is 29.8 Å². The fourth-order valence-corrected chi connectivity index (χ4v) is 2.66. The van der Waals surface area contributed by atoms with Crippen molar-refractivity contribution in [2.75, 3.05) is 19.6 Å². The van der Waals surface area contributed by atoms with Gasteiger partial charge in [0.05, 0.1) is 5.92 Å². The highest BCUT2D eigenvalue weighted by atomic mass is 16.4. The number of carbonyl (C=O) groups excluding carboxylic acids is 1. The lowest BCUT2D eigenvalue weighted by Gasteiger charge is -2.30. The van der Waals surface area contributed by atoms with Crippen LogP contribution in [-0.2, 0) is 11.2 Å². The second-order valence-corrected chi connectivity index (χ2v) is 5.59. The number of aliphatic carboxylic acids is 1. The first kappa shape index (κ1) is 15.4. The third-order valence-electron chi connectivity index (χ3n) is 3.83. The number of nitrogens with one attached hydrogen (secondary N) is 1. The maximum Gasteiger partial charge on any atom is 0.317 e. The number of hydrogen-bond acceptors (Lipinski definition) is 2. The number of hydrogen-bond donors (Lipinski definition) is 2. The molecular formula is C16H22N2O3. The smallest absolute Gasteiger partial charge is 0.317 e. The number of carboxylic acids is 1. The maximum atomic E-state index is 12.0. The molecule has 1 saturated heterocycles. The van der Waals surface area contributed by atoms with Crippen LogP contribution in [0.3, 0.4) is 0 Å². The Morgan fingerprint density at radius 1 is 1.43 bits per heavy atom. The van der Waals surface area contributed by atoms with E-state index in [4.69, 9.17) is 5.11 Å². The molecule has 21 heavy (non-hydrogen) atoms. The van der Waals surface area contributed by atoms with E-state index >= 15 is 0 Å². The molecular weight excluding hydrogens is 268 g/mol. The third kappa shape index (κ3) is 4.48. The zero-order valence-corrected chi connectivity index (χ0v) is 12.3. The summed E-state index contributed by atoms with van der Waals surface area (Å²) in [5.41, 5.74) is 2.40. The lowest BCUT2D eigenvalue weighted by atomic mass is 9.99. The highest BCUT2D eigenvalue weighted by molar-refractivity contribution is 5.76. The summed E-state index contributed by atoms with van der Waals surface area (Å²) in [6.07, 6.45) is 2.19. The minimum Gasteiger partial charge on any atom is -0.481 e. The highest BCUT2D eigenvalue weighted by Gasteiger charge is 2.27. The minimum absolute atomic E-state index is 0.159. The fraction of sp³-hybridized carbons (Fsp3) is 0.500. The minimum atomic E-state index is -0.813. The Bertz CT molecular complexity index is 516. The molecule has 5 nitrogen and oxygen atoms in total. The van der Waals surface area contributed by atoms with Gasteiger partial charge in [-0.25, -0.2) is 4.79 Å². The molecule has 114 valence electrons. The van der Waals surface area contributed by atoms with Crippen molar-refractivity contribution < 1.29 is 14.7 Å². The molecule has 1 aromatic rings. The predicted molar refractivity (Wildman–Crippen MR) is 80.2 cm³/mol. The Kier molecular flexibility index (Phi) is 5.20. The summed E-state index contributed by atoms with van der Waals surface area (Å²) in [4.78, 5) is 24.7. The largest absolute Gasteiger partial charge is 0.481 e. The number of carbonyl (C=O) groups is 2. The Hall–Kier alpha value is -2.04. The van der Waals surface area contributed by atoms with Gasteiger partial charge in [0.25, 0.3) is 0 Å². The molecule has 0 saturated carbocycles. The Balaban J connectivity index is 1.78. The fourth-order valence-electron chi connectivity index (χ4n) is 2.66. The number of carboxylic acid groups (broad SMARTS) is 1. The van der Waals surface area contributed by atoms with Crippen molar-refractivity contribution in [2.45, 2.75) is 26.2 Å². The molecule has 0 radical (unpaired) electrons. The zero-order valence-electron chi connectivity index (χ0n) is 12.3. The highest BCUT2D eigenvalue weighted by Crippen LogP contribution is 2.16. The molecule has 1 aliphatic rings. The monoisotopic (exact) mass is 290 g/mol. The van der Waals surface area contributed by atoms with E-state index in [0.29, 0.717) is 26.1 Å². The van der Waals surface area contributed by atoms with E-state index < -0.39 is 11.9 Å². The van der Waals surface area contributed by atoms with Crippen molar-refractivity contribution in [2.24, 2.45) is 5.92 Å². The van der Waals surface area contributed by atoms with Crippen LogP contribution in [0.1, 0.15) is 24.0 Å². The number of urea groups is 1. The van der Waals surface area contributed by atoms with E-state index in [-0.39, 0.29) is 6.03 Å². The van der Waals surface area contributed by atoms with E-state index in [1.165, 1.54) is 11.1 Å². The van der Waals surface area contributed by atoms with Gasteiger partial charge in [-0.15, -0.1) is 0 Å². The molecule has 0 bridgehead atoms. The molecule has 1 fully saturated rings. The molecule has 0 aliphatic carbocycles. The maximum absolute atomic E-state index is 12.0. The van der Waals surface area contributed by atoms with Gasteiger partial charge in [-0.3, -0.25) is 4.79 Å². The molecule has 1 atom stereocenters. The summed E-state index contributed by atoms with van der Waals surface area (Å²) < 4.78 is 0. The molecule has 2 rings (SSSR count). The van der Waals surface area contributed by atoms with E-state index in [0.717, 1.165) is 12.8 Å². The Morgan fingerprint density at radius 3 is 2.95 bits per heavy atom. The lowest BCUT2D eigenvalue weighted by molar-refractivity contribution is -0.143. The first-order valence-corrected chi connectivity index (χ1v) is 7.37. The van der Waals surface area contributed by atoms with E-state index in [2.05, 4.69) is 11.4 Å². The van der Waals surface area contributed by atoms with Crippen molar-refractivity contribution in [3.8, 4) is 0 Å². The topological polar surface area (TPSA) is 69.6 Å². The van der Waals surface area contributed by atoms with Crippen molar-refractivity contribution >= 4 is 12.0 Å². The second kappa shape index (κ2) is 7.11. The summed E-state index contributed by atoms with van der Waals surface area (Å²) >= 11 is 0. The molecule has 1 aromatic carbocycles. The summed E-state index contributed by atoms with van der Waals surface area (Å²) in [5.74, 6) is -1.24. The molecule has 0 unspecified atom stereocenters. The van der Waals surface area contributed by atoms with Crippen LogP contribution in [0, 0.1) is 12.8 Å². The van der Waals surface area contributed by atoms with Crippen LogP contribution in [0.15, 0.2) is 24.3 Å². The summed E-state index contributed by atoms with van der Waals surface area (Å²) in [7, 11) is 0. The van der Waals surface area contributed by atoms with Crippen molar-refractivity contribution in [1.29, 1.82) is 0 Å². The number of aryl methyl sites for hydroxylation is 1. The van der Waals surface area contributed by atoms with E-state index in [1.807, 2.05) is 25.1 Å². The number of amides is 2. The Labute approximate surface area is 125 Å². The van der Waals surface area contributed by atoms with Gasteiger partial charge in [-0.05, 0) is 31.7 Å². The average Bonchev–Trinajstić information content (AvgIpc) is 2.47. The van der Waals surface area contributed by atoms with Crippen molar-refractivity contribution in [1.82, 2.24) is 10.2 Å². The number of piperidine rings is 1. The second-order valence-electron chi connectivity index (χ2n) is 5.59. The molecule has 1 aliphatic heterocycles. The number of benzene rings is 1. The molecule has 5 heteroatoms. The van der Waals surface area contributed by atoms with E-state index in [1.54, 1.807) is 4.90 Å². The molecule has 2 N–H and O–H groups in total. The van der Waals surface area contributed by atoms with Crippen LogP contribution in [0.4, 0.5) is 4.79 Å². The number of nitrogens with zero attached hydrogens (tertiary/aromatic N) is 1. The lowest BCUT2D eigenvalue weighted by Crippen LogP contribution is -2.47. The SMILES string of the molecule is Cc1cccc(CCNC(=O)N2CCC[C@H](C(=O)O)C2)c1. The molecule has 2 amide bonds. The summed E-state index contributed by atoms with van der Waals surface area (Å²) in [6.45, 7) is 3.56. The molecule has 0 aromatic heterocycles. The van der Waals surface area contributed by atoms with Gasteiger partial charge in [0, 0.05) is 19.6 Å². The van der Waals surface area contributed by atoms with Gasteiger partial charge in [0.15, 0.2) is 0 Å². The zero-order chi connectivity index (χ0) is 15.2. The average molecular weight is 290 g/mol. The normalized spacial score (nSPS) is 18.3. The molecule has 1 heterocycles. The quantitative estimate of drug-likeness (QED) is 0.891. The summed E-state index contributed by atoms with van der Waals surface area (Å²) in [5, 5.41) is 11.9. The number of likely N-dealkylation sites (tertiary alicyclic amines) is 1. The van der Waals surface area contributed by atoms with Crippen molar-refractivity contribution in [3.63, 3.8) is 0 Å². The van der Waals surface area contributed by atoms with Gasteiger partial charge < -0.3 is 15.3 Å². The first-order chi connectivity index (χ1) is 10.1. The van der Waals surface area contributed by atoms with Crippen LogP contribution in [0.25, 0.3) is 0 Å². The molecule has 0 spiro atoms. The van der Waals surface area contributed by atoms with Gasteiger partial charge in [0.2, 0.25) is 0 Å². The summed E-state index contributed by atoms with van der Waals surface area (Å²) in [6, 6.07) is 8.04. The number of rotatable bonds is 4.